The van der Waals surface area contributed by atoms with Crippen molar-refractivity contribution in [3.63, 3.8) is 0 Å². The second-order valence-electron chi connectivity index (χ2n) is 7.59. The molecule has 0 amide bonds. The third kappa shape index (κ3) is 4.62. The molecule has 0 spiro atoms. The van der Waals surface area contributed by atoms with Gasteiger partial charge in [-0.1, -0.05) is 38.3 Å². The molecule has 2 N–H and O–H groups in total. The number of ether oxygens (including phenoxy) is 1. The average Bonchev–Trinajstić information content (AvgIpc) is 3.21. The molecule has 4 nitrogen and oxygen atoms in total. The van der Waals surface area contributed by atoms with Crippen molar-refractivity contribution in [3.05, 3.63) is 35.4 Å². The van der Waals surface area contributed by atoms with Crippen LogP contribution in [0.4, 0.5) is 0 Å². The van der Waals surface area contributed by atoms with Gasteiger partial charge in [0.15, 0.2) is 0 Å². The van der Waals surface area contributed by atoms with Crippen LogP contribution in [0.5, 0.6) is 0 Å². The molecule has 0 aliphatic carbocycles. The predicted octanol–water partition coefficient (Wildman–Crippen LogP) is 3.89. The molecule has 2 aliphatic rings. The minimum Gasteiger partial charge on any atom is -0.478 e. The van der Waals surface area contributed by atoms with Crippen LogP contribution in [0, 0.1) is 11.8 Å². The number of carbonyl (C=O) groups is 1. The Hall–Kier alpha value is -1.39. The van der Waals surface area contributed by atoms with Gasteiger partial charge in [0, 0.05) is 12.5 Å². The van der Waals surface area contributed by atoms with E-state index in [2.05, 4.69) is 12.2 Å². The molecule has 3 rings (SSSR count). The van der Waals surface area contributed by atoms with Crippen LogP contribution in [0.25, 0.3) is 0 Å². The molecule has 2 fully saturated rings. The van der Waals surface area contributed by atoms with Gasteiger partial charge in [0.25, 0.3) is 0 Å². The molecule has 2 saturated heterocycles. The molecule has 0 aromatic heterocycles. The third-order valence-corrected chi connectivity index (χ3v) is 5.85. The maximum atomic E-state index is 11.0. The maximum absolute atomic E-state index is 11.0. The highest BCUT2D eigenvalue weighted by atomic mass is 16.5. The first kappa shape index (κ1) is 18.4. The second kappa shape index (κ2) is 8.81. The number of rotatable bonds is 10. The van der Waals surface area contributed by atoms with Crippen LogP contribution in [0.3, 0.4) is 0 Å². The first-order valence-corrected chi connectivity index (χ1v) is 9.87. The van der Waals surface area contributed by atoms with Crippen molar-refractivity contribution in [1.29, 1.82) is 0 Å². The lowest BCUT2D eigenvalue weighted by atomic mass is 9.76. The van der Waals surface area contributed by atoms with Crippen molar-refractivity contribution in [2.75, 3.05) is 13.1 Å². The lowest BCUT2D eigenvalue weighted by molar-refractivity contribution is 0.0696. The zero-order valence-corrected chi connectivity index (χ0v) is 15.2. The third-order valence-electron chi connectivity index (χ3n) is 5.85. The van der Waals surface area contributed by atoms with E-state index in [-0.39, 0.29) is 0 Å². The van der Waals surface area contributed by atoms with E-state index in [0.29, 0.717) is 29.6 Å². The highest BCUT2D eigenvalue weighted by molar-refractivity contribution is 5.87. The Labute approximate surface area is 151 Å². The summed E-state index contributed by atoms with van der Waals surface area (Å²) >= 11 is 0. The van der Waals surface area contributed by atoms with Gasteiger partial charge in [-0.15, -0.1) is 0 Å². The number of aromatic carboxylic acids is 1. The number of benzene rings is 1. The largest absolute Gasteiger partial charge is 0.478 e. The highest BCUT2D eigenvalue weighted by Crippen LogP contribution is 2.44. The number of carboxylic acids is 1. The van der Waals surface area contributed by atoms with Gasteiger partial charge in [0.05, 0.1) is 17.8 Å². The Morgan fingerprint density at radius 3 is 2.52 bits per heavy atom. The van der Waals surface area contributed by atoms with Crippen LogP contribution in [-0.2, 0) is 11.2 Å². The van der Waals surface area contributed by atoms with Gasteiger partial charge in [0.1, 0.15) is 0 Å². The summed E-state index contributed by atoms with van der Waals surface area (Å²) in [5.41, 5.74) is 1.58. The van der Waals surface area contributed by atoms with E-state index in [9.17, 15) is 4.79 Å². The monoisotopic (exact) mass is 345 g/mol. The summed E-state index contributed by atoms with van der Waals surface area (Å²) < 4.78 is 6.19. The summed E-state index contributed by atoms with van der Waals surface area (Å²) in [7, 11) is 0. The molecule has 2 aliphatic heterocycles. The molecule has 4 atom stereocenters. The van der Waals surface area contributed by atoms with E-state index < -0.39 is 5.97 Å². The van der Waals surface area contributed by atoms with Crippen molar-refractivity contribution in [2.24, 2.45) is 11.8 Å². The van der Waals surface area contributed by atoms with Crippen molar-refractivity contribution < 1.29 is 14.6 Å². The second-order valence-corrected chi connectivity index (χ2v) is 7.59. The van der Waals surface area contributed by atoms with Crippen LogP contribution in [0.15, 0.2) is 24.3 Å². The first-order chi connectivity index (χ1) is 12.2. The van der Waals surface area contributed by atoms with E-state index in [1.54, 1.807) is 12.1 Å². The van der Waals surface area contributed by atoms with Crippen molar-refractivity contribution in [1.82, 2.24) is 5.32 Å². The fourth-order valence-corrected chi connectivity index (χ4v) is 4.44. The Morgan fingerprint density at radius 1 is 1.12 bits per heavy atom. The van der Waals surface area contributed by atoms with Gasteiger partial charge in [0.2, 0.25) is 0 Å². The molecular formula is C21H31NO3. The zero-order valence-electron chi connectivity index (χ0n) is 15.2. The van der Waals surface area contributed by atoms with Crippen LogP contribution in [-0.4, -0.2) is 36.4 Å². The molecule has 2 heterocycles. The van der Waals surface area contributed by atoms with E-state index in [4.69, 9.17) is 9.84 Å². The SMILES string of the molecule is CCCCCCNC[C@H]1[C@@H](Cc2ccc(C(=O)O)cc2)[C@H]2CC[C@@H]1O2. The zero-order chi connectivity index (χ0) is 17.6. The average molecular weight is 345 g/mol. The molecule has 138 valence electrons. The Balaban J connectivity index is 1.52. The summed E-state index contributed by atoms with van der Waals surface area (Å²) in [5, 5.41) is 12.7. The van der Waals surface area contributed by atoms with E-state index in [1.165, 1.54) is 44.1 Å². The molecule has 2 bridgehead atoms. The number of unbranched alkanes of at least 4 members (excludes halogenated alkanes) is 3. The quantitative estimate of drug-likeness (QED) is 0.632. The highest BCUT2D eigenvalue weighted by Gasteiger charge is 2.48. The van der Waals surface area contributed by atoms with Gasteiger partial charge in [-0.25, -0.2) is 4.79 Å². The van der Waals surface area contributed by atoms with Gasteiger partial charge < -0.3 is 15.2 Å². The normalized spacial score (nSPS) is 27.7. The topological polar surface area (TPSA) is 58.6 Å². The minimum absolute atomic E-state index is 0.359. The van der Waals surface area contributed by atoms with Gasteiger partial charge in [-0.3, -0.25) is 0 Å². The summed E-state index contributed by atoms with van der Waals surface area (Å²) in [5.74, 6) is 0.279. The van der Waals surface area contributed by atoms with Gasteiger partial charge in [-0.2, -0.15) is 0 Å². The molecule has 0 radical (unpaired) electrons. The molecule has 0 unspecified atom stereocenters. The number of nitrogens with one attached hydrogen (secondary N) is 1. The van der Waals surface area contributed by atoms with Crippen LogP contribution in [0.2, 0.25) is 0 Å². The summed E-state index contributed by atoms with van der Waals surface area (Å²) in [6.45, 7) is 4.40. The molecule has 25 heavy (non-hydrogen) atoms. The fourth-order valence-electron chi connectivity index (χ4n) is 4.44. The van der Waals surface area contributed by atoms with Crippen molar-refractivity contribution in [3.8, 4) is 0 Å². The van der Waals surface area contributed by atoms with Crippen LogP contribution < -0.4 is 5.32 Å². The maximum Gasteiger partial charge on any atom is 0.335 e. The molecule has 1 aromatic rings. The Morgan fingerprint density at radius 2 is 1.84 bits per heavy atom. The molecule has 4 heteroatoms. The minimum atomic E-state index is -0.861. The number of hydrogen-bond acceptors (Lipinski definition) is 3. The van der Waals surface area contributed by atoms with E-state index in [0.717, 1.165) is 19.5 Å². The van der Waals surface area contributed by atoms with E-state index >= 15 is 0 Å². The fraction of sp³-hybridized carbons (Fsp3) is 0.667. The lowest BCUT2D eigenvalue weighted by Crippen LogP contribution is -2.37. The van der Waals surface area contributed by atoms with Crippen molar-refractivity contribution >= 4 is 5.97 Å². The summed E-state index contributed by atoms with van der Waals surface area (Å²) in [4.78, 5) is 11.0. The number of carboxylic acid groups (broad SMARTS) is 1. The number of fused-ring (bicyclic) bond motifs is 2. The summed E-state index contributed by atoms with van der Waals surface area (Å²) in [6, 6.07) is 7.36. The molecule has 0 saturated carbocycles. The van der Waals surface area contributed by atoms with Crippen LogP contribution >= 0.6 is 0 Å². The predicted molar refractivity (Wildman–Crippen MR) is 99.0 cm³/mol. The Kier molecular flexibility index (Phi) is 6.49. The standard InChI is InChI=1S/C21H31NO3/c1-2-3-4-5-12-22-14-18-17(19-10-11-20(18)25-19)13-15-6-8-16(9-7-15)21(23)24/h6-9,17-20,22H,2-5,10-14H2,1H3,(H,23,24)/t17-,18+,19-,20+/m1/s1. The molecule has 1 aromatic carbocycles. The smallest absolute Gasteiger partial charge is 0.335 e. The Bertz CT molecular complexity index is 557. The molecular weight excluding hydrogens is 314 g/mol. The number of hydrogen-bond donors (Lipinski definition) is 2. The van der Waals surface area contributed by atoms with Gasteiger partial charge in [-0.05, 0) is 55.8 Å². The van der Waals surface area contributed by atoms with Crippen molar-refractivity contribution in [2.45, 2.75) is 64.1 Å². The van der Waals surface area contributed by atoms with Gasteiger partial charge >= 0.3 is 5.97 Å². The van der Waals surface area contributed by atoms with Crippen LogP contribution in [0.1, 0.15) is 61.4 Å². The lowest BCUT2D eigenvalue weighted by Gasteiger charge is -2.28. The summed E-state index contributed by atoms with van der Waals surface area (Å²) in [6.07, 6.45) is 9.34. The van der Waals surface area contributed by atoms with E-state index in [1.807, 2.05) is 12.1 Å². The first-order valence-electron chi connectivity index (χ1n) is 9.87.